The first-order valence-electron chi connectivity index (χ1n) is 5.83. The standard InChI is InChI=1S/C13H14ClFN2O/c1-2-3-4-11-12(13(16)18-17-11)9-6-5-8(15)7-10(9)14/h5-7H,2-4,16H2,1H3. The number of nitrogens with two attached hydrogens (primary N) is 1. The molecule has 0 spiro atoms. The Hall–Kier alpha value is -1.55. The lowest BCUT2D eigenvalue weighted by atomic mass is 10.0. The predicted molar refractivity (Wildman–Crippen MR) is 69.9 cm³/mol. The van der Waals surface area contributed by atoms with Gasteiger partial charge < -0.3 is 10.3 Å². The molecule has 2 rings (SSSR count). The van der Waals surface area contributed by atoms with E-state index in [0.29, 0.717) is 16.1 Å². The van der Waals surface area contributed by atoms with Gasteiger partial charge in [-0.15, -0.1) is 0 Å². The van der Waals surface area contributed by atoms with Crippen molar-refractivity contribution < 1.29 is 8.91 Å². The van der Waals surface area contributed by atoms with Crippen molar-refractivity contribution in [2.75, 3.05) is 5.73 Å². The maximum atomic E-state index is 13.0. The molecule has 18 heavy (non-hydrogen) atoms. The van der Waals surface area contributed by atoms with Gasteiger partial charge in [0.1, 0.15) is 5.82 Å². The zero-order valence-electron chi connectivity index (χ0n) is 10.0. The monoisotopic (exact) mass is 268 g/mol. The summed E-state index contributed by atoms with van der Waals surface area (Å²) in [5, 5.41) is 4.25. The molecule has 0 unspecified atom stereocenters. The van der Waals surface area contributed by atoms with Crippen molar-refractivity contribution in [1.29, 1.82) is 0 Å². The van der Waals surface area contributed by atoms with Crippen LogP contribution in [-0.2, 0) is 6.42 Å². The average molecular weight is 269 g/mol. The van der Waals surface area contributed by atoms with Crippen LogP contribution in [0.2, 0.25) is 5.02 Å². The Morgan fingerprint density at radius 1 is 1.44 bits per heavy atom. The van der Waals surface area contributed by atoms with Crippen molar-refractivity contribution >= 4 is 17.5 Å². The summed E-state index contributed by atoms with van der Waals surface area (Å²) in [5.74, 6) is -0.163. The second-order valence-corrected chi connectivity index (χ2v) is 4.50. The topological polar surface area (TPSA) is 52.0 Å². The largest absolute Gasteiger partial charge is 0.367 e. The number of anilines is 1. The summed E-state index contributed by atoms with van der Waals surface area (Å²) in [4.78, 5) is 0. The number of nitrogen functional groups attached to an aromatic ring is 1. The molecule has 0 amide bonds. The third-order valence-electron chi connectivity index (χ3n) is 2.76. The van der Waals surface area contributed by atoms with Crippen LogP contribution in [0, 0.1) is 5.82 Å². The Morgan fingerprint density at radius 3 is 2.89 bits per heavy atom. The molecule has 2 N–H and O–H groups in total. The Morgan fingerprint density at radius 2 is 2.22 bits per heavy atom. The molecule has 1 aromatic heterocycles. The third kappa shape index (κ3) is 2.48. The summed E-state index contributed by atoms with van der Waals surface area (Å²) in [6.45, 7) is 2.09. The minimum Gasteiger partial charge on any atom is -0.367 e. The zero-order chi connectivity index (χ0) is 13.1. The second kappa shape index (κ2) is 5.40. The minimum atomic E-state index is -0.381. The highest BCUT2D eigenvalue weighted by molar-refractivity contribution is 6.33. The van der Waals surface area contributed by atoms with E-state index < -0.39 is 0 Å². The van der Waals surface area contributed by atoms with E-state index in [-0.39, 0.29) is 11.7 Å². The van der Waals surface area contributed by atoms with Crippen LogP contribution in [0.15, 0.2) is 22.7 Å². The lowest BCUT2D eigenvalue weighted by Gasteiger charge is -2.04. The third-order valence-corrected chi connectivity index (χ3v) is 3.07. The van der Waals surface area contributed by atoms with Gasteiger partial charge in [-0.1, -0.05) is 30.1 Å². The first-order valence-corrected chi connectivity index (χ1v) is 6.20. The molecule has 0 radical (unpaired) electrons. The summed E-state index contributed by atoms with van der Waals surface area (Å²) in [6.07, 6.45) is 2.79. The van der Waals surface area contributed by atoms with E-state index in [9.17, 15) is 4.39 Å². The van der Waals surface area contributed by atoms with Crippen molar-refractivity contribution in [1.82, 2.24) is 5.16 Å². The van der Waals surface area contributed by atoms with Gasteiger partial charge in [-0.05, 0) is 31.0 Å². The van der Waals surface area contributed by atoms with Gasteiger partial charge >= 0.3 is 0 Å². The summed E-state index contributed by atoms with van der Waals surface area (Å²) in [6, 6.07) is 4.19. The van der Waals surface area contributed by atoms with Crippen LogP contribution in [0.5, 0.6) is 0 Å². The van der Waals surface area contributed by atoms with Crippen LogP contribution in [0.25, 0.3) is 11.1 Å². The highest BCUT2D eigenvalue weighted by Gasteiger charge is 2.18. The molecule has 3 nitrogen and oxygen atoms in total. The molecular weight excluding hydrogens is 255 g/mol. The van der Waals surface area contributed by atoms with Gasteiger partial charge in [0, 0.05) is 5.56 Å². The molecule has 0 saturated heterocycles. The van der Waals surface area contributed by atoms with Crippen molar-refractivity contribution in [2.24, 2.45) is 0 Å². The Balaban J connectivity index is 2.45. The maximum Gasteiger partial charge on any atom is 0.230 e. The highest BCUT2D eigenvalue weighted by atomic mass is 35.5. The highest BCUT2D eigenvalue weighted by Crippen LogP contribution is 2.35. The lowest BCUT2D eigenvalue weighted by Crippen LogP contribution is -1.92. The number of rotatable bonds is 4. The predicted octanol–water partition coefficient (Wildman–Crippen LogP) is 4.06. The van der Waals surface area contributed by atoms with Crippen LogP contribution in [0.4, 0.5) is 10.3 Å². The van der Waals surface area contributed by atoms with Crippen molar-refractivity contribution in [3.05, 3.63) is 34.7 Å². The van der Waals surface area contributed by atoms with Crippen molar-refractivity contribution in [3.8, 4) is 11.1 Å². The number of halogens is 2. The van der Waals surface area contributed by atoms with E-state index in [0.717, 1.165) is 25.0 Å². The molecule has 96 valence electrons. The van der Waals surface area contributed by atoms with Gasteiger partial charge in [0.05, 0.1) is 16.3 Å². The second-order valence-electron chi connectivity index (χ2n) is 4.10. The van der Waals surface area contributed by atoms with Gasteiger partial charge in [0.25, 0.3) is 0 Å². The van der Waals surface area contributed by atoms with Gasteiger partial charge in [0.2, 0.25) is 5.88 Å². The number of hydrogen-bond donors (Lipinski definition) is 1. The molecule has 2 aromatic rings. The molecule has 0 aliphatic heterocycles. The fourth-order valence-electron chi connectivity index (χ4n) is 1.83. The molecule has 5 heteroatoms. The number of unbranched alkanes of at least 4 members (excludes halogenated alkanes) is 1. The summed E-state index contributed by atoms with van der Waals surface area (Å²) >= 11 is 6.03. The Kier molecular flexibility index (Phi) is 3.87. The van der Waals surface area contributed by atoms with Crippen LogP contribution in [0.3, 0.4) is 0 Å². The fraction of sp³-hybridized carbons (Fsp3) is 0.308. The van der Waals surface area contributed by atoms with E-state index in [1.165, 1.54) is 12.1 Å². The molecule has 0 aliphatic rings. The van der Waals surface area contributed by atoms with E-state index in [1.54, 1.807) is 6.07 Å². The molecule has 0 saturated carbocycles. The molecule has 0 atom stereocenters. The number of hydrogen-bond acceptors (Lipinski definition) is 3. The molecular formula is C13H14ClFN2O. The van der Waals surface area contributed by atoms with Crippen molar-refractivity contribution in [3.63, 3.8) is 0 Å². The molecule has 1 heterocycles. The number of nitrogens with zero attached hydrogens (tertiary/aromatic N) is 1. The van der Waals surface area contributed by atoms with Gasteiger partial charge in [-0.2, -0.15) is 0 Å². The van der Waals surface area contributed by atoms with E-state index >= 15 is 0 Å². The minimum absolute atomic E-state index is 0.217. The number of aryl methyl sites for hydroxylation is 1. The van der Waals surface area contributed by atoms with Crippen LogP contribution >= 0.6 is 11.6 Å². The molecule has 0 fully saturated rings. The molecule has 0 bridgehead atoms. The average Bonchev–Trinajstić information content (AvgIpc) is 2.68. The Labute approximate surface area is 110 Å². The lowest BCUT2D eigenvalue weighted by molar-refractivity contribution is 0.426. The van der Waals surface area contributed by atoms with E-state index in [1.807, 2.05) is 0 Å². The summed E-state index contributed by atoms with van der Waals surface area (Å²) in [5.41, 5.74) is 7.87. The first-order chi connectivity index (χ1) is 8.63. The van der Waals surface area contributed by atoms with Crippen molar-refractivity contribution in [2.45, 2.75) is 26.2 Å². The summed E-state index contributed by atoms with van der Waals surface area (Å²) < 4.78 is 18.0. The van der Waals surface area contributed by atoms with Crippen LogP contribution in [-0.4, -0.2) is 5.16 Å². The zero-order valence-corrected chi connectivity index (χ0v) is 10.8. The smallest absolute Gasteiger partial charge is 0.230 e. The quantitative estimate of drug-likeness (QED) is 0.910. The van der Waals surface area contributed by atoms with Crippen LogP contribution in [0.1, 0.15) is 25.5 Å². The SMILES string of the molecule is CCCCc1noc(N)c1-c1ccc(F)cc1Cl. The number of aromatic nitrogens is 1. The maximum absolute atomic E-state index is 13.0. The van der Waals surface area contributed by atoms with Crippen LogP contribution < -0.4 is 5.73 Å². The molecule has 1 aromatic carbocycles. The molecule has 0 aliphatic carbocycles. The van der Waals surface area contributed by atoms with Gasteiger partial charge in [-0.3, -0.25) is 0 Å². The van der Waals surface area contributed by atoms with Gasteiger partial charge in [0.15, 0.2) is 0 Å². The number of benzene rings is 1. The fourth-order valence-corrected chi connectivity index (χ4v) is 2.09. The van der Waals surface area contributed by atoms with E-state index in [2.05, 4.69) is 12.1 Å². The van der Waals surface area contributed by atoms with E-state index in [4.69, 9.17) is 21.9 Å². The van der Waals surface area contributed by atoms with Gasteiger partial charge in [-0.25, -0.2) is 4.39 Å². The first kappa shape index (κ1) is 12.9. The Bertz CT molecular complexity index is 554. The summed E-state index contributed by atoms with van der Waals surface area (Å²) in [7, 11) is 0. The normalized spacial score (nSPS) is 10.8.